The Balaban J connectivity index is 2.23. The van der Waals surface area contributed by atoms with Crippen molar-refractivity contribution in [1.82, 2.24) is 0 Å². The Labute approximate surface area is 133 Å². The summed E-state index contributed by atoms with van der Waals surface area (Å²) in [6.07, 6.45) is 0. The van der Waals surface area contributed by atoms with Crippen LogP contribution in [0.5, 0.6) is 0 Å². The summed E-state index contributed by atoms with van der Waals surface area (Å²) in [6, 6.07) is 13.2. The molecule has 1 aliphatic rings. The third kappa shape index (κ3) is 1.63. The smallest absolute Gasteiger partial charge is 0.193 e. The van der Waals surface area contributed by atoms with Crippen molar-refractivity contribution in [3.8, 4) is 11.1 Å². The Kier molecular flexibility index (Phi) is 2.67. The van der Waals surface area contributed by atoms with Gasteiger partial charge in [-0.2, -0.15) is 0 Å². The Morgan fingerprint density at radius 1 is 0.810 bits per heavy atom. The molecule has 1 aliphatic carbocycles. The Bertz CT molecular complexity index is 947. The number of ketones is 1. The van der Waals surface area contributed by atoms with Crippen molar-refractivity contribution >= 4 is 59.1 Å². The highest BCUT2D eigenvalue weighted by Gasteiger charge is 2.30. The molecule has 94 valence electrons. The summed E-state index contributed by atoms with van der Waals surface area (Å²) in [6.45, 7) is 0. The average Bonchev–Trinajstić information content (AvgIpc) is 2.78. The normalized spacial score (nSPS) is 12.5. The molecule has 0 N–H and O–H groups in total. The van der Waals surface area contributed by atoms with Crippen molar-refractivity contribution in [1.29, 1.82) is 0 Å². The number of carbonyl (C=O) groups is 1. The summed E-state index contributed by atoms with van der Waals surface area (Å²) < 4.78 is 0.910. The van der Waals surface area contributed by atoms with Crippen molar-refractivity contribution in [3.05, 3.63) is 58.1 Å². The minimum absolute atomic E-state index is 0.0533. The summed E-state index contributed by atoms with van der Waals surface area (Å²) in [5.74, 6) is -0.0533. The molecule has 0 atom stereocenters. The van der Waals surface area contributed by atoms with Crippen LogP contribution in [-0.2, 0) is 0 Å². The highest BCUT2D eigenvalue weighted by Crippen LogP contribution is 2.37. The first-order valence-corrected chi connectivity index (χ1v) is 7.33. The number of halogens is 1. The molecule has 0 spiro atoms. The molecule has 0 fully saturated rings. The second-order valence-corrected chi connectivity index (χ2v) is 6.06. The Morgan fingerprint density at radius 2 is 1.43 bits per heavy atom. The van der Waals surface area contributed by atoms with Crippen LogP contribution in [0.15, 0.2) is 46.9 Å². The predicted octanol–water partition coefficient (Wildman–Crippen LogP) is 2.40. The van der Waals surface area contributed by atoms with Gasteiger partial charge in [0, 0.05) is 15.6 Å². The van der Waals surface area contributed by atoms with Gasteiger partial charge in [-0.25, -0.2) is 0 Å². The van der Waals surface area contributed by atoms with Gasteiger partial charge in [-0.3, -0.25) is 4.79 Å². The molecule has 21 heavy (non-hydrogen) atoms. The molecule has 3 aromatic rings. The maximum atomic E-state index is 12.7. The number of rotatable bonds is 0. The second-order valence-electron chi connectivity index (χ2n) is 5.14. The molecule has 4 rings (SSSR count). The summed E-state index contributed by atoms with van der Waals surface area (Å²) in [5, 5.41) is 1.71. The van der Waals surface area contributed by atoms with E-state index in [0.29, 0.717) is 22.1 Å². The van der Waals surface area contributed by atoms with E-state index in [1.54, 1.807) is 0 Å². The minimum atomic E-state index is -0.0533. The van der Waals surface area contributed by atoms with E-state index in [-0.39, 0.29) is 5.78 Å². The van der Waals surface area contributed by atoms with Crippen LogP contribution in [0.1, 0.15) is 15.9 Å². The zero-order chi connectivity index (χ0) is 14.7. The maximum absolute atomic E-state index is 12.7. The van der Waals surface area contributed by atoms with E-state index in [4.69, 9.17) is 15.7 Å². The molecule has 0 aromatic heterocycles. The van der Waals surface area contributed by atoms with Crippen molar-refractivity contribution in [2.75, 3.05) is 0 Å². The van der Waals surface area contributed by atoms with Crippen LogP contribution < -0.4 is 10.9 Å². The van der Waals surface area contributed by atoms with Crippen LogP contribution >= 0.6 is 15.9 Å². The summed E-state index contributed by atoms with van der Waals surface area (Å²) in [5.41, 5.74) is 3.90. The molecule has 3 aromatic carbocycles. The molecule has 4 radical (unpaired) electrons. The van der Waals surface area contributed by atoms with Gasteiger partial charge in [-0.1, -0.05) is 51.1 Å². The first-order chi connectivity index (χ1) is 10.1. The van der Waals surface area contributed by atoms with Crippen LogP contribution in [-0.4, -0.2) is 21.5 Å². The van der Waals surface area contributed by atoms with Crippen molar-refractivity contribution in [2.24, 2.45) is 0 Å². The molecule has 0 bridgehead atoms. The van der Waals surface area contributed by atoms with Crippen molar-refractivity contribution in [2.45, 2.75) is 0 Å². The molecular formula is C17H7B2BrO. The minimum Gasteiger partial charge on any atom is -0.289 e. The summed E-state index contributed by atoms with van der Waals surface area (Å²) in [4.78, 5) is 12.7. The Morgan fingerprint density at radius 3 is 2.10 bits per heavy atom. The largest absolute Gasteiger partial charge is 0.289 e. The number of hydrogen-bond acceptors (Lipinski definition) is 1. The van der Waals surface area contributed by atoms with Gasteiger partial charge < -0.3 is 0 Å². The highest BCUT2D eigenvalue weighted by atomic mass is 79.9. The number of carbonyl (C=O) groups excluding carboxylic acids is 1. The highest BCUT2D eigenvalue weighted by molar-refractivity contribution is 9.10. The summed E-state index contributed by atoms with van der Waals surface area (Å²) >= 11 is 3.45. The van der Waals surface area contributed by atoms with Crippen LogP contribution in [0.2, 0.25) is 0 Å². The van der Waals surface area contributed by atoms with Gasteiger partial charge in [0.05, 0.1) is 0 Å². The molecule has 0 saturated carbocycles. The standard InChI is InChI=1S/C17H7B2BrO/c18-15-9-3-1-2-4-10(9)16(19)14-13(15)12-7-8(20)5-6-11(12)17(14)21/h1-7H. The van der Waals surface area contributed by atoms with E-state index in [0.717, 1.165) is 26.4 Å². The van der Waals surface area contributed by atoms with Crippen LogP contribution in [0.4, 0.5) is 0 Å². The van der Waals surface area contributed by atoms with Crippen molar-refractivity contribution < 1.29 is 4.79 Å². The fourth-order valence-electron chi connectivity index (χ4n) is 3.06. The van der Waals surface area contributed by atoms with Gasteiger partial charge >= 0.3 is 0 Å². The predicted molar refractivity (Wildman–Crippen MR) is 91.3 cm³/mol. The van der Waals surface area contributed by atoms with Gasteiger partial charge in [-0.15, -0.1) is 0 Å². The average molecular weight is 329 g/mol. The lowest BCUT2D eigenvalue weighted by Gasteiger charge is -2.14. The van der Waals surface area contributed by atoms with E-state index < -0.39 is 0 Å². The molecule has 1 nitrogen and oxygen atoms in total. The molecule has 0 heterocycles. The van der Waals surface area contributed by atoms with Crippen molar-refractivity contribution in [3.63, 3.8) is 0 Å². The van der Waals surface area contributed by atoms with E-state index in [2.05, 4.69) is 15.9 Å². The number of fused-ring (bicyclic) bond motifs is 4. The van der Waals surface area contributed by atoms with Gasteiger partial charge in [0.2, 0.25) is 0 Å². The zero-order valence-electron chi connectivity index (χ0n) is 11.0. The lowest BCUT2D eigenvalue weighted by atomic mass is 9.75. The fourth-order valence-corrected chi connectivity index (χ4v) is 3.42. The lowest BCUT2D eigenvalue weighted by molar-refractivity contribution is 0.104. The van der Waals surface area contributed by atoms with Gasteiger partial charge in [0.25, 0.3) is 0 Å². The van der Waals surface area contributed by atoms with E-state index in [1.165, 1.54) is 0 Å². The molecule has 0 unspecified atom stereocenters. The SMILES string of the molecule is [B]c1c2c(c([B])c3ccccc13)-c1cc(Br)ccc1C2=O. The number of hydrogen-bond donors (Lipinski definition) is 0. The second kappa shape index (κ2) is 4.35. The Hall–Kier alpha value is -1.80. The van der Waals surface area contributed by atoms with Crippen LogP contribution in [0, 0.1) is 0 Å². The number of benzene rings is 3. The quantitative estimate of drug-likeness (QED) is 0.453. The van der Waals surface area contributed by atoms with E-state index >= 15 is 0 Å². The third-order valence-electron chi connectivity index (χ3n) is 4.02. The van der Waals surface area contributed by atoms with Gasteiger partial charge in [0.1, 0.15) is 15.7 Å². The van der Waals surface area contributed by atoms with Gasteiger partial charge in [0.15, 0.2) is 5.78 Å². The van der Waals surface area contributed by atoms with Gasteiger partial charge in [-0.05, 0) is 40.1 Å². The maximum Gasteiger partial charge on any atom is 0.193 e. The van der Waals surface area contributed by atoms with E-state index in [1.807, 2.05) is 42.5 Å². The third-order valence-corrected chi connectivity index (χ3v) is 4.51. The lowest BCUT2D eigenvalue weighted by Crippen LogP contribution is -2.22. The van der Waals surface area contributed by atoms with Crippen LogP contribution in [0.25, 0.3) is 21.9 Å². The summed E-state index contributed by atoms with van der Waals surface area (Å²) in [7, 11) is 12.6. The first kappa shape index (κ1) is 12.9. The molecule has 0 amide bonds. The molecular weight excluding hydrogens is 322 g/mol. The topological polar surface area (TPSA) is 17.1 Å². The van der Waals surface area contributed by atoms with E-state index in [9.17, 15) is 4.79 Å². The molecule has 0 aliphatic heterocycles. The first-order valence-electron chi connectivity index (χ1n) is 6.54. The monoisotopic (exact) mass is 328 g/mol. The fraction of sp³-hybridized carbons (Fsp3) is 0. The zero-order valence-corrected chi connectivity index (χ0v) is 12.6. The molecule has 0 saturated heterocycles. The molecule has 4 heteroatoms. The van der Waals surface area contributed by atoms with Crippen LogP contribution in [0.3, 0.4) is 0 Å².